The van der Waals surface area contributed by atoms with E-state index in [9.17, 15) is 14.6 Å². The minimum Gasteiger partial charge on any atom is -0.399 e. The lowest BCUT2D eigenvalue weighted by Crippen LogP contribution is -2.30. The van der Waals surface area contributed by atoms with E-state index in [0.29, 0.717) is 23.1 Å². The van der Waals surface area contributed by atoms with Gasteiger partial charge in [-0.3, -0.25) is 0 Å². The molecule has 0 bridgehead atoms. The van der Waals surface area contributed by atoms with Crippen molar-refractivity contribution in [2.75, 3.05) is 27.7 Å². The van der Waals surface area contributed by atoms with Crippen LogP contribution in [0.4, 0.5) is 4.39 Å². The van der Waals surface area contributed by atoms with Gasteiger partial charge in [0.2, 0.25) is 0 Å². The first-order valence-electron chi connectivity index (χ1n) is 8.84. The molecule has 5 nitrogen and oxygen atoms in total. The number of benzene rings is 2. The molecule has 0 aromatic heterocycles. The fourth-order valence-corrected chi connectivity index (χ4v) is 3.15. The van der Waals surface area contributed by atoms with Gasteiger partial charge in [-0.05, 0) is 73.9 Å². The number of aliphatic hydroxyl groups excluding tert-OH is 1. The third-order valence-corrected chi connectivity index (χ3v) is 4.52. The van der Waals surface area contributed by atoms with E-state index >= 15 is 0 Å². The molecule has 0 aliphatic rings. The molecule has 1 atom stereocenters. The second kappa shape index (κ2) is 9.60. The molecule has 0 amide bonds. The van der Waals surface area contributed by atoms with Crippen LogP contribution < -0.4 is 0 Å². The Morgan fingerprint density at radius 2 is 1.89 bits per heavy atom. The topological polar surface area (TPSA) is 65.3 Å². The normalized spacial score (nSPS) is 13.9. The first-order valence-corrected chi connectivity index (χ1v) is 8.84. The fourth-order valence-electron chi connectivity index (χ4n) is 3.15. The predicted octanol–water partition coefficient (Wildman–Crippen LogP) is 2.88. The number of halogens is 1. The minimum absolute atomic E-state index is 0.235. The summed E-state index contributed by atoms with van der Waals surface area (Å²) in [4.78, 5) is 6.73. The van der Waals surface area contributed by atoms with Gasteiger partial charge in [-0.25, -0.2) is 4.39 Å². The van der Waals surface area contributed by atoms with E-state index < -0.39 is 5.60 Å². The standard InChI is InChI=1S/C21H27FN2O3/c1-24(2)12-4-11-21(26,18-6-8-19(22)9-7-18)20-10-5-16(14-23-27-3)13-17(20)15-25/h5-10,13-14,25-26H,4,11-12,15H2,1-3H3/b23-14+. The Morgan fingerprint density at radius 3 is 2.48 bits per heavy atom. The molecule has 0 saturated heterocycles. The van der Waals surface area contributed by atoms with Crippen LogP contribution in [0.25, 0.3) is 0 Å². The fraction of sp³-hybridized carbons (Fsp3) is 0.381. The Labute approximate surface area is 159 Å². The van der Waals surface area contributed by atoms with Gasteiger partial charge in [0.05, 0.1) is 12.8 Å². The third kappa shape index (κ3) is 5.35. The molecule has 2 aromatic rings. The van der Waals surface area contributed by atoms with Gasteiger partial charge in [0.15, 0.2) is 0 Å². The van der Waals surface area contributed by atoms with Crippen LogP contribution in [0.15, 0.2) is 47.6 Å². The van der Waals surface area contributed by atoms with Crippen molar-refractivity contribution in [2.24, 2.45) is 5.16 Å². The molecule has 2 rings (SSSR count). The van der Waals surface area contributed by atoms with Gasteiger partial charge >= 0.3 is 0 Å². The van der Waals surface area contributed by atoms with Gasteiger partial charge in [-0.2, -0.15) is 0 Å². The summed E-state index contributed by atoms with van der Waals surface area (Å²) in [5.41, 5.74) is 1.20. The lowest BCUT2D eigenvalue weighted by molar-refractivity contribution is 0.0641. The summed E-state index contributed by atoms with van der Waals surface area (Å²) in [6.45, 7) is 0.567. The van der Waals surface area contributed by atoms with Crippen LogP contribution in [0.2, 0.25) is 0 Å². The second-order valence-corrected chi connectivity index (χ2v) is 6.77. The van der Waals surface area contributed by atoms with Crippen LogP contribution in [0, 0.1) is 5.82 Å². The first-order chi connectivity index (χ1) is 12.9. The number of aliphatic hydroxyl groups is 2. The quantitative estimate of drug-likeness (QED) is 0.523. The molecule has 6 heteroatoms. The molecule has 146 valence electrons. The Balaban J connectivity index is 2.48. The van der Waals surface area contributed by atoms with Gasteiger partial charge in [-0.15, -0.1) is 0 Å². The van der Waals surface area contributed by atoms with Gasteiger partial charge in [-0.1, -0.05) is 29.4 Å². The average molecular weight is 374 g/mol. The third-order valence-electron chi connectivity index (χ3n) is 4.52. The molecule has 0 heterocycles. The number of hydrogen-bond donors (Lipinski definition) is 2. The largest absolute Gasteiger partial charge is 0.399 e. The van der Waals surface area contributed by atoms with Crippen LogP contribution in [0.3, 0.4) is 0 Å². The minimum atomic E-state index is -1.33. The summed E-state index contributed by atoms with van der Waals surface area (Å²) in [5.74, 6) is -0.358. The highest BCUT2D eigenvalue weighted by atomic mass is 19.1. The molecule has 0 saturated carbocycles. The smallest absolute Gasteiger partial charge is 0.123 e. The zero-order valence-corrected chi connectivity index (χ0v) is 16.0. The molecule has 27 heavy (non-hydrogen) atoms. The van der Waals surface area contributed by atoms with Crippen molar-refractivity contribution in [3.05, 3.63) is 70.5 Å². The van der Waals surface area contributed by atoms with E-state index in [2.05, 4.69) is 5.16 Å². The van der Waals surface area contributed by atoms with Crippen molar-refractivity contribution in [3.63, 3.8) is 0 Å². The Morgan fingerprint density at radius 1 is 1.19 bits per heavy atom. The molecule has 0 aliphatic carbocycles. The molecular weight excluding hydrogens is 347 g/mol. The number of nitrogens with zero attached hydrogens (tertiary/aromatic N) is 2. The summed E-state index contributed by atoms with van der Waals surface area (Å²) in [6.07, 6.45) is 2.71. The summed E-state index contributed by atoms with van der Waals surface area (Å²) in [7, 11) is 5.40. The number of oxime groups is 1. The monoisotopic (exact) mass is 374 g/mol. The molecule has 2 aromatic carbocycles. The summed E-state index contributed by atoms with van der Waals surface area (Å²) in [5, 5.41) is 25.2. The van der Waals surface area contributed by atoms with Crippen LogP contribution >= 0.6 is 0 Å². The van der Waals surface area contributed by atoms with E-state index in [0.717, 1.165) is 18.5 Å². The lowest BCUT2D eigenvalue weighted by Gasteiger charge is -2.32. The van der Waals surface area contributed by atoms with Crippen LogP contribution in [-0.2, 0) is 17.0 Å². The van der Waals surface area contributed by atoms with E-state index in [-0.39, 0.29) is 12.4 Å². The van der Waals surface area contributed by atoms with Crippen molar-refractivity contribution < 1.29 is 19.4 Å². The maximum absolute atomic E-state index is 13.4. The van der Waals surface area contributed by atoms with Gasteiger partial charge in [0.1, 0.15) is 18.5 Å². The zero-order valence-electron chi connectivity index (χ0n) is 16.0. The highest BCUT2D eigenvalue weighted by molar-refractivity contribution is 5.79. The SMILES string of the molecule is CO/N=C/c1ccc(C(O)(CCCN(C)C)c2ccc(F)cc2)c(CO)c1. The van der Waals surface area contributed by atoms with Crippen LogP contribution in [0.1, 0.15) is 35.1 Å². The van der Waals surface area contributed by atoms with Gasteiger partial charge in [0.25, 0.3) is 0 Å². The van der Waals surface area contributed by atoms with Crippen molar-refractivity contribution in [1.82, 2.24) is 4.90 Å². The van der Waals surface area contributed by atoms with Crippen molar-refractivity contribution in [2.45, 2.75) is 25.0 Å². The van der Waals surface area contributed by atoms with Crippen molar-refractivity contribution >= 4 is 6.21 Å². The Bertz CT molecular complexity index is 763. The Hall–Kier alpha value is -2.28. The van der Waals surface area contributed by atoms with Crippen molar-refractivity contribution in [3.8, 4) is 0 Å². The molecule has 0 radical (unpaired) electrons. The first kappa shape index (κ1) is 21.0. The summed E-state index contributed by atoms with van der Waals surface area (Å²) < 4.78 is 13.4. The molecule has 0 aliphatic heterocycles. The predicted molar refractivity (Wildman–Crippen MR) is 104 cm³/mol. The Kier molecular flexibility index (Phi) is 7.47. The van der Waals surface area contributed by atoms with E-state index in [1.807, 2.05) is 19.0 Å². The highest BCUT2D eigenvalue weighted by Gasteiger charge is 2.33. The van der Waals surface area contributed by atoms with Crippen LogP contribution in [0.5, 0.6) is 0 Å². The zero-order chi connectivity index (χ0) is 19.9. The molecule has 0 fully saturated rings. The van der Waals surface area contributed by atoms with Crippen molar-refractivity contribution in [1.29, 1.82) is 0 Å². The average Bonchev–Trinajstić information content (AvgIpc) is 2.66. The molecular formula is C21H27FN2O3. The van der Waals surface area contributed by atoms with E-state index in [4.69, 9.17) is 4.84 Å². The lowest BCUT2D eigenvalue weighted by atomic mass is 9.80. The molecule has 0 spiro atoms. The van der Waals surface area contributed by atoms with Crippen LogP contribution in [-0.4, -0.2) is 49.1 Å². The second-order valence-electron chi connectivity index (χ2n) is 6.77. The van der Waals surface area contributed by atoms with E-state index in [1.54, 1.807) is 30.3 Å². The number of rotatable bonds is 9. The summed E-state index contributed by atoms with van der Waals surface area (Å²) in [6, 6.07) is 11.2. The van der Waals surface area contributed by atoms with E-state index in [1.165, 1.54) is 25.5 Å². The highest BCUT2D eigenvalue weighted by Crippen LogP contribution is 2.36. The summed E-state index contributed by atoms with van der Waals surface area (Å²) >= 11 is 0. The maximum Gasteiger partial charge on any atom is 0.123 e. The van der Waals surface area contributed by atoms with Gasteiger partial charge < -0.3 is 20.0 Å². The number of hydrogen-bond acceptors (Lipinski definition) is 5. The maximum atomic E-state index is 13.4. The molecule has 2 N–H and O–H groups in total. The van der Waals surface area contributed by atoms with Gasteiger partial charge in [0, 0.05) is 0 Å². The molecule has 1 unspecified atom stereocenters.